The second-order valence-electron chi connectivity index (χ2n) is 7.59. The van der Waals surface area contributed by atoms with Gasteiger partial charge in [-0.05, 0) is 48.2 Å². The number of nitrogens with one attached hydrogen (secondary N) is 2. The molecule has 1 saturated carbocycles. The minimum absolute atomic E-state index is 0.0554. The van der Waals surface area contributed by atoms with Crippen molar-refractivity contribution >= 4 is 23.6 Å². The first kappa shape index (κ1) is 19.9. The van der Waals surface area contributed by atoms with Crippen molar-refractivity contribution in [1.82, 2.24) is 10.2 Å². The number of carbonyl (C=O) groups excluding carboxylic acids is 3. The first-order valence-corrected chi connectivity index (χ1v) is 9.80. The molecule has 2 aromatic carbocycles. The number of hydrogen-bond acceptors (Lipinski definition) is 4. The van der Waals surface area contributed by atoms with Crippen LogP contribution in [0.4, 0.5) is 14.9 Å². The number of rotatable bonds is 6. The van der Waals surface area contributed by atoms with Crippen molar-refractivity contribution < 1.29 is 23.5 Å². The fourth-order valence-corrected chi connectivity index (χ4v) is 3.52. The summed E-state index contributed by atoms with van der Waals surface area (Å²) >= 11 is 0. The smallest absolute Gasteiger partial charge is 0.411 e. The molecule has 3 amide bonds. The van der Waals surface area contributed by atoms with E-state index in [1.807, 2.05) is 0 Å². The quantitative estimate of drug-likeness (QED) is 0.765. The van der Waals surface area contributed by atoms with E-state index in [4.69, 9.17) is 4.74 Å². The highest BCUT2D eigenvalue weighted by molar-refractivity contribution is 5.90. The van der Waals surface area contributed by atoms with Crippen LogP contribution >= 0.6 is 0 Å². The normalized spacial score (nSPS) is 20.6. The number of cyclic esters (lactones) is 1. The molecule has 1 saturated heterocycles. The number of halogens is 1. The van der Waals surface area contributed by atoms with E-state index in [0.29, 0.717) is 16.8 Å². The summed E-state index contributed by atoms with van der Waals surface area (Å²) in [5, 5.41) is 5.61. The Bertz CT molecular complexity index is 975. The van der Waals surface area contributed by atoms with Crippen LogP contribution in [0.3, 0.4) is 0 Å². The van der Waals surface area contributed by atoms with Gasteiger partial charge in [0.15, 0.2) is 12.1 Å². The summed E-state index contributed by atoms with van der Waals surface area (Å²) in [7, 11) is 0. The number of amides is 3. The SMILES string of the molecule is CC(=O)Nc1ccc([C@@H]2OC(=O)N(Cc3cccc(F)c3)[C@H]2C(=O)NC2CC2)cc1. The van der Waals surface area contributed by atoms with Crippen LogP contribution in [0.25, 0.3) is 0 Å². The molecule has 2 fully saturated rings. The molecule has 7 nitrogen and oxygen atoms in total. The molecule has 156 valence electrons. The van der Waals surface area contributed by atoms with Crippen LogP contribution in [0.15, 0.2) is 48.5 Å². The molecule has 0 bridgehead atoms. The number of ether oxygens (including phenoxy) is 1. The molecule has 0 aromatic heterocycles. The highest BCUT2D eigenvalue weighted by Gasteiger charge is 2.47. The Morgan fingerprint density at radius 1 is 1.17 bits per heavy atom. The second kappa shape index (κ2) is 8.14. The van der Waals surface area contributed by atoms with Crippen molar-refractivity contribution in [2.45, 2.75) is 44.5 Å². The molecule has 0 radical (unpaired) electrons. The van der Waals surface area contributed by atoms with Crippen LogP contribution in [0.2, 0.25) is 0 Å². The first-order valence-electron chi connectivity index (χ1n) is 9.80. The summed E-state index contributed by atoms with van der Waals surface area (Å²) in [6.45, 7) is 1.47. The van der Waals surface area contributed by atoms with E-state index in [-0.39, 0.29) is 24.4 Å². The van der Waals surface area contributed by atoms with E-state index in [2.05, 4.69) is 10.6 Å². The Balaban J connectivity index is 1.60. The van der Waals surface area contributed by atoms with Crippen molar-refractivity contribution in [2.24, 2.45) is 0 Å². The number of hydrogen-bond donors (Lipinski definition) is 2. The van der Waals surface area contributed by atoms with Gasteiger partial charge >= 0.3 is 6.09 Å². The van der Waals surface area contributed by atoms with E-state index in [1.165, 1.54) is 24.0 Å². The molecule has 2 atom stereocenters. The minimum Gasteiger partial charge on any atom is -0.438 e. The zero-order valence-electron chi connectivity index (χ0n) is 16.4. The van der Waals surface area contributed by atoms with Crippen LogP contribution < -0.4 is 10.6 Å². The van der Waals surface area contributed by atoms with Crippen molar-refractivity contribution in [3.05, 3.63) is 65.5 Å². The minimum atomic E-state index is -0.881. The molecule has 1 heterocycles. The molecule has 0 unspecified atom stereocenters. The zero-order chi connectivity index (χ0) is 21.3. The molecule has 4 rings (SSSR count). The van der Waals surface area contributed by atoms with Crippen molar-refractivity contribution in [3.63, 3.8) is 0 Å². The summed E-state index contributed by atoms with van der Waals surface area (Å²) in [5.41, 5.74) is 1.80. The van der Waals surface area contributed by atoms with Crippen LogP contribution in [-0.2, 0) is 20.9 Å². The molecule has 2 N–H and O–H groups in total. The average Bonchev–Trinajstić information content (AvgIpc) is 3.44. The predicted octanol–water partition coefficient (Wildman–Crippen LogP) is 3.12. The third-order valence-electron chi connectivity index (χ3n) is 5.08. The third kappa shape index (κ3) is 4.42. The van der Waals surface area contributed by atoms with Crippen LogP contribution in [0.5, 0.6) is 0 Å². The topological polar surface area (TPSA) is 87.7 Å². The van der Waals surface area contributed by atoms with Gasteiger partial charge in [0.2, 0.25) is 11.8 Å². The Kier molecular flexibility index (Phi) is 5.39. The third-order valence-corrected chi connectivity index (χ3v) is 5.08. The Hall–Kier alpha value is -3.42. The standard InChI is InChI=1S/C22H22FN3O4/c1-13(27)24-17-7-5-15(6-8-17)20-19(21(28)25-18-9-10-18)26(22(29)30-20)12-14-3-2-4-16(23)11-14/h2-8,11,18-20H,9-10,12H2,1H3,(H,24,27)(H,25,28)/t19-,20+/m1/s1. The largest absolute Gasteiger partial charge is 0.438 e. The predicted molar refractivity (Wildman–Crippen MR) is 107 cm³/mol. The van der Waals surface area contributed by atoms with Gasteiger partial charge in [0.05, 0.1) is 6.54 Å². The lowest BCUT2D eigenvalue weighted by atomic mass is 10.00. The van der Waals surface area contributed by atoms with E-state index >= 15 is 0 Å². The van der Waals surface area contributed by atoms with Gasteiger partial charge in [-0.3, -0.25) is 14.5 Å². The second-order valence-corrected chi connectivity index (χ2v) is 7.59. The lowest BCUT2D eigenvalue weighted by Gasteiger charge is -2.24. The Morgan fingerprint density at radius 3 is 2.53 bits per heavy atom. The summed E-state index contributed by atoms with van der Waals surface area (Å²) in [6, 6.07) is 12.0. The molecule has 30 heavy (non-hydrogen) atoms. The maximum Gasteiger partial charge on any atom is 0.411 e. The highest BCUT2D eigenvalue weighted by atomic mass is 19.1. The zero-order valence-corrected chi connectivity index (χ0v) is 16.4. The monoisotopic (exact) mass is 411 g/mol. The molecular formula is C22H22FN3O4. The molecule has 2 aliphatic rings. The number of nitrogens with zero attached hydrogens (tertiary/aromatic N) is 1. The van der Waals surface area contributed by atoms with Crippen molar-refractivity contribution in [3.8, 4) is 0 Å². The lowest BCUT2D eigenvalue weighted by molar-refractivity contribution is -0.126. The average molecular weight is 411 g/mol. The molecule has 2 aromatic rings. The maximum atomic E-state index is 13.6. The van der Waals surface area contributed by atoms with E-state index in [9.17, 15) is 18.8 Å². The van der Waals surface area contributed by atoms with E-state index in [0.717, 1.165) is 12.8 Å². The molecule has 0 spiro atoms. The van der Waals surface area contributed by atoms with E-state index < -0.39 is 24.1 Å². The van der Waals surface area contributed by atoms with Gasteiger partial charge in [-0.2, -0.15) is 0 Å². The van der Waals surface area contributed by atoms with Gasteiger partial charge < -0.3 is 15.4 Å². The molecule has 1 aliphatic heterocycles. The van der Waals surface area contributed by atoms with Gasteiger partial charge in [-0.15, -0.1) is 0 Å². The fraction of sp³-hybridized carbons (Fsp3) is 0.318. The highest BCUT2D eigenvalue weighted by Crippen LogP contribution is 2.35. The van der Waals surface area contributed by atoms with Gasteiger partial charge in [0.25, 0.3) is 0 Å². The number of benzene rings is 2. The summed E-state index contributed by atoms with van der Waals surface area (Å²) in [5.74, 6) is -0.905. The maximum absolute atomic E-state index is 13.6. The molecule has 1 aliphatic carbocycles. The number of carbonyl (C=O) groups is 3. The van der Waals surface area contributed by atoms with Crippen LogP contribution in [0.1, 0.15) is 37.0 Å². The Labute approximate surface area is 173 Å². The van der Waals surface area contributed by atoms with Gasteiger partial charge in [-0.1, -0.05) is 24.3 Å². The summed E-state index contributed by atoms with van der Waals surface area (Å²) in [4.78, 5) is 38.2. The summed E-state index contributed by atoms with van der Waals surface area (Å²) < 4.78 is 19.2. The lowest BCUT2D eigenvalue weighted by Crippen LogP contribution is -2.46. The van der Waals surface area contributed by atoms with Gasteiger partial charge in [-0.25, -0.2) is 9.18 Å². The summed E-state index contributed by atoms with van der Waals surface area (Å²) in [6.07, 6.45) is 0.378. The van der Waals surface area contributed by atoms with E-state index in [1.54, 1.807) is 36.4 Å². The molecular weight excluding hydrogens is 389 g/mol. The first-order chi connectivity index (χ1) is 14.4. The van der Waals surface area contributed by atoms with Gasteiger partial charge in [0, 0.05) is 18.7 Å². The number of anilines is 1. The fourth-order valence-electron chi connectivity index (χ4n) is 3.52. The molecule has 8 heteroatoms. The van der Waals surface area contributed by atoms with Crippen LogP contribution in [0, 0.1) is 5.82 Å². The van der Waals surface area contributed by atoms with Gasteiger partial charge in [0.1, 0.15) is 5.82 Å². The Morgan fingerprint density at radius 2 is 1.90 bits per heavy atom. The van der Waals surface area contributed by atoms with Crippen LogP contribution in [-0.4, -0.2) is 34.9 Å². The van der Waals surface area contributed by atoms with Crippen molar-refractivity contribution in [2.75, 3.05) is 5.32 Å². The van der Waals surface area contributed by atoms with Crippen molar-refractivity contribution in [1.29, 1.82) is 0 Å².